The second kappa shape index (κ2) is 8.55. The normalized spacial score (nSPS) is 11.1. The van der Waals surface area contributed by atoms with Crippen molar-refractivity contribution in [2.24, 2.45) is 5.73 Å². The number of fused-ring (bicyclic) bond motifs is 1. The summed E-state index contributed by atoms with van der Waals surface area (Å²) in [7, 11) is 0. The van der Waals surface area contributed by atoms with E-state index >= 15 is 0 Å². The van der Waals surface area contributed by atoms with Crippen molar-refractivity contribution in [2.45, 2.75) is 46.1 Å². The third-order valence-electron chi connectivity index (χ3n) is 4.90. The zero-order valence-electron chi connectivity index (χ0n) is 17.3. The molecule has 2 heterocycles. The SMILES string of the molecule is Cc1cc(C)c2nc(SCCC(=O)Nc3sc(C)c(C)c3C(N)=O)cc(C)c2c1. The molecular weight excluding hydrogens is 402 g/mol. The molecule has 3 aromatic rings. The summed E-state index contributed by atoms with van der Waals surface area (Å²) in [6.07, 6.45) is 0.324. The van der Waals surface area contributed by atoms with Crippen LogP contribution in [-0.2, 0) is 4.79 Å². The molecule has 0 aliphatic carbocycles. The molecule has 0 bridgehead atoms. The number of nitrogens with two attached hydrogens (primary N) is 1. The van der Waals surface area contributed by atoms with Crippen molar-refractivity contribution in [1.29, 1.82) is 0 Å². The van der Waals surface area contributed by atoms with E-state index in [1.54, 1.807) is 11.8 Å². The van der Waals surface area contributed by atoms with Crippen LogP contribution in [0, 0.1) is 34.6 Å². The number of pyridine rings is 1. The number of aryl methyl sites for hydroxylation is 4. The summed E-state index contributed by atoms with van der Waals surface area (Å²) in [6.45, 7) is 10.0. The Bertz CT molecular complexity index is 1120. The van der Waals surface area contributed by atoms with Crippen molar-refractivity contribution in [2.75, 3.05) is 11.1 Å². The first kappa shape index (κ1) is 21.3. The smallest absolute Gasteiger partial charge is 0.251 e. The average molecular weight is 428 g/mol. The van der Waals surface area contributed by atoms with Crippen LogP contribution in [0.15, 0.2) is 23.2 Å². The van der Waals surface area contributed by atoms with Crippen molar-refractivity contribution >= 4 is 50.8 Å². The number of aromatic nitrogens is 1. The third kappa shape index (κ3) is 4.62. The topological polar surface area (TPSA) is 85.1 Å². The highest BCUT2D eigenvalue weighted by molar-refractivity contribution is 7.99. The van der Waals surface area contributed by atoms with Gasteiger partial charge in [-0.1, -0.05) is 11.6 Å². The monoisotopic (exact) mass is 427 g/mol. The Balaban J connectivity index is 1.67. The molecule has 0 spiro atoms. The molecule has 0 atom stereocenters. The molecule has 2 aromatic heterocycles. The van der Waals surface area contributed by atoms with Crippen LogP contribution in [0.2, 0.25) is 0 Å². The van der Waals surface area contributed by atoms with Crippen molar-refractivity contribution in [1.82, 2.24) is 4.98 Å². The second-order valence-electron chi connectivity index (χ2n) is 7.25. The van der Waals surface area contributed by atoms with Gasteiger partial charge in [-0.15, -0.1) is 23.1 Å². The first-order valence-corrected chi connectivity index (χ1v) is 11.2. The Kier molecular flexibility index (Phi) is 6.29. The molecule has 1 aromatic carbocycles. The summed E-state index contributed by atoms with van der Waals surface area (Å²) in [4.78, 5) is 29.8. The molecule has 0 fully saturated rings. The highest BCUT2D eigenvalue weighted by Crippen LogP contribution is 2.32. The van der Waals surface area contributed by atoms with E-state index in [9.17, 15) is 9.59 Å². The van der Waals surface area contributed by atoms with Crippen molar-refractivity contribution in [3.05, 3.63) is 50.9 Å². The maximum atomic E-state index is 12.4. The molecule has 2 amide bonds. The van der Waals surface area contributed by atoms with Crippen LogP contribution in [0.25, 0.3) is 10.9 Å². The average Bonchev–Trinajstić information content (AvgIpc) is 2.89. The molecule has 5 nitrogen and oxygen atoms in total. The van der Waals surface area contributed by atoms with E-state index in [0.717, 1.165) is 26.5 Å². The number of nitrogens with one attached hydrogen (secondary N) is 1. The third-order valence-corrected chi connectivity index (χ3v) is 6.93. The van der Waals surface area contributed by atoms with E-state index in [-0.39, 0.29) is 5.91 Å². The van der Waals surface area contributed by atoms with E-state index in [0.29, 0.717) is 22.7 Å². The lowest BCUT2D eigenvalue weighted by Crippen LogP contribution is -2.17. The standard InChI is InChI=1S/C22H25N3O2S2/c1-11-8-13(3)20-16(9-11)12(2)10-18(25-20)28-7-6-17(26)24-22-19(21(23)27)14(4)15(5)29-22/h8-10H,6-7H2,1-5H3,(H2,23,27)(H,24,26). The van der Waals surface area contributed by atoms with Gasteiger partial charge in [0, 0.05) is 22.4 Å². The summed E-state index contributed by atoms with van der Waals surface area (Å²) in [5.41, 5.74) is 11.3. The maximum absolute atomic E-state index is 12.4. The van der Waals surface area contributed by atoms with E-state index < -0.39 is 5.91 Å². The Morgan fingerprint density at radius 1 is 1.10 bits per heavy atom. The first-order chi connectivity index (χ1) is 13.7. The number of amides is 2. The minimum Gasteiger partial charge on any atom is -0.365 e. The van der Waals surface area contributed by atoms with Crippen molar-refractivity contribution < 1.29 is 9.59 Å². The maximum Gasteiger partial charge on any atom is 0.251 e. The van der Waals surface area contributed by atoms with Gasteiger partial charge in [-0.05, 0) is 63.4 Å². The summed E-state index contributed by atoms with van der Waals surface area (Å²) in [5, 5.41) is 5.46. The van der Waals surface area contributed by atoms with Crippen LogP contribution in [0.1, 0.15) is 43.9 Å². The predicted molar refractivity (Wildman–Crippen MR) is 122 cm³/mol. The van der Waals surface area contributed by atoms with Crippen LogP contribution in [0.3, 0.4) is 0 Å². The molecule has 0 saturated heterocycles. The van der Waals surface area contributed by atoms with Gasteiger partial charge in [0.2, 0.25) is 5.91 Å². The molecular formula is C22H25N3O2S2. The molecule has 0 saturated carbocycles. The summed E-state index contributed by atoms with van der Waals surface area (Å²) in [5.74, 6) is -0.0484. The Morgan fingerprint density at radius 2 is 1.83 bits per heavy atom. The number of carbonyl (C=O) groups excluding carboxylic acids is 2. The van der Waals surface area contributed by atoms with Crippen LogP contribution in [-0.4, -0.2) is 22.6 Å². The zero-order chi connectivity index (χ0) is 21.3. The molecule has 0 radical (unpaired) electrons. The minimum absolute atomic E-state index is 0.134. The predicted octanol–water partition coefficient (Wildman–Crippen LogP) is 5.06. The number of carbonyl (C=O) groups is 2. The molecule has 7 heteroatoms. The number of rotatable bonds is 6. The van der Waals surface area contributed by atoms with Crippen LogP contribution >= 0.6 is 23.1 Å². The van der Waals surface area contributed by atoms with Crippen LogP contribution in [0.4, 0.5) is 5.00 Å². The minimum atomic E-state index is -0.516. The first-order valence-electron chi connectivity index (χ1n) is 9.38. The number of nitrogens with zero attached hydrogens (tertiary/aromatic N) is 1. The van der Waals surface area contributed by atoms with E-state index in [1.807, 2.05) is 13.8 Å². The highest BCUT2D eigenvalue weighted by atomic mass is 32.2. The van der Waals surface area contributed by atoms with E-state index in [1.165, 1.54) is 27.8 Å². The summed E-state index contributed by atoms with van der Waals surface area (Å²) < 4.78 is 0. The number of anilines is 1. The Labute approximate surface area is 179 Å². The fourth-order valence-corrected chi connectivity index (χ4v) is 5.33. The number of benzene rings is 1. The Hall–Kier alpha value is -2.38. The van der Waals surface area contributed by atoms with Crippen LogP contribution in [0.5, 0.6) is 0 Å². The molecule has 0 aliphatic heterocycles. The van der Waals surface area contributed by atoms with Crippen molar-refractivity contribution in [3.8, 4) is 0 Å². The lowest BCUT2D eigenvalue weighted by Gasteiger charge is -2.10. The van der Waals surface area contributed by atoms with Gasteiger partial charge in [0.25, 0.3) is 5.91 Å². The lowest BCUT2D eigenvalue weighted by atomic mass is 10.0. The fraction of sp³-hybridized carbons (Fsp3) is 0.318. The molecule has 29 heavy (non-hydrogen) atoms. The number of primary amides is 1. The zero-order valence-corrected chi connectivity index (χ0v) is 18.9. The van der Waals surface area contributed by atoms with Gasteiger partial charge < -0.3 is 11.1 Å². The largest absolute Gasteiger partial charge is 0.365 e. The molecule has 3 N–H and O–H groups in total. The lowest BCUT2D eigenvalue weighted by molar-refractivity contribution is -0.115. The van der Waals surface area contributed by atoms with Gasteiger partial charge in [-0.3, -0.25) is 9.59 Å². The summed E-state index contributed by atoms with van der Waals surface area (Å²) >= 11 is 2.94. The number of hydrogen-bond acceptors (Lipinski definition) is 5. The van der Waals surface area contributed by atoms with Crippen LogP contribution < -0.4 is 11.1 Å². The van der Waals surface area contributed by atoms with E-state index in [4.69, 9.17) is 10.7 Å². The summed E-state index contributed by atoms with van der Waals surface area (Å²) in [6, 6.07) is 6.37. The van der Waals surface area contributed by atoms with Gasteiger partial charge in [-0.2, -0.15) is 0 Å². The van der Waals surface area contributed by atoms with Gasteiger partial charge in [0.15, 0.2) is 0 Å². The molecule has 152 valence electrons. The fourth-order valence-electron chi connectivity index (χ4n) is 3.34. The number of thioether (sulfide) groups is 1. The van der Waals surface area contributed by atoms with E-state index in [2.05, 4.69) is 44.3 Å². The second-order valence-corrected chi connectivity index (χ2v) is 9.59. The van der Waals surface area contributed by atoms with Crippen molar-refractivity contribution in [3.63, 3.8) is 0 Å². The quantitative estimate of drug-likeness (QED) is 0.539. The molecule has 0 unspecified atom stereocenters. The number of thiophene rings is 1. The molecule has 0 aliphatic rings. The van der Waals surface area contributed by atoms with Gasteiger partial charge >= 0.3 is 0 Å². The Morgan fingerprint density at radius 3 is 2.52 bits per heavy atom. The van der Waals surface area contributed by atoms with Gasteiger partial charge in [0.05, 0.1) is 16.1 Å². The highest BCUT2D eigenvalue weighted by Gasteiger charge is 2.19. The van der Waals surface area contributed by atoms with Gasteiger partial charge in [-0.25, -0.2) is 4.98 Å². The number of hydrogen-bond donors (Lipinski definition) is 2. The molecule has 3 rings (SSSR count). The van der Waals surface area contributed by atoms with Gasteiger partial charge in [0.1, 0.15) is 5.00 Å².